The van der Waals surface area contributed by atoms with Gasteiger partial charge in [0.1, 0.15) is 5.56 Å². The molecule has 150 valence electrons. The van der Waals surface area contributed by atoms with E-state index in [1.165, 1.54) is 12.0 Å². The number of nitrogens with one attached hydrogen (secondary N) is 1. The van der Waals surface area contributed by atoms with Gasteiger partial charge >= 0.3 is 0 Å². The van der Waals surface area contributed by atoms with Crippen LogP contribution in [0.1, 0.15) is 53.7 Å². The van der Waals surface area contributed by atoms with Crippen molar-refractivity contribution in [2.24, 2.45) is 0 Å². The number of rotatable bonds is 4. The molecule has 1 N–H and O–H groups in total. The molecule has 1 saturated carbocycles. The maximum absolute atomic E-state index is 13.1. The minimum Gasteiger partial charge on any atom is -0.454 e. The molecule has 3 heterocycles. The van der Waals surface area contributed by atoms with E-state index in [0.717, 1.165) is 37.2 Å². The number of ether oxygens (including phenoxy) is 2. The summed E-state index contributed by atoms with van der Waals surface area (Å²) in [6, 6.07) is 7.99. The van der Waals surface area contributed by atoms with Crippen LogP contribution in [0.15, 0.2) is 36.7 Å². The van der Waals surface area contributed by atoms with E-state index in [1.807, 2.05) is 13.0 Å². The first kappa shape index (κ1) is 18.0. The van der Waals surface area contributed by atoms with E-state index < -0.39 is 0 Å². The molecule has 1 fully saturated rings. The standard InChI is InChI=1S/C22H24N4O3/c1-15-19(20-23-10-5-11-26(20)25-15)21(27)24-13-22(8-3-2-4-9-22)16-6-7-17-18(12-16)29-14-28-17/h5-7,10-12H,2-4,8-9,13-14H2,1H3,(H,24,27). The number of nitrogens with zero attached hydrogens (tertiary/aromatic N) is 3. The predicted octanol–water partition coefficient (Wildman–Crippen LogP) is 3.40. The minimum atomic E-state index is -0.123. The highest BCUT2D eigenvalue weighted by Gasteiger charge is 2.36. The van der Waals surface area contributed by atoms with Crippen molar-refractivity contribution in [2.45, 2.75) is 44.4 Å². The summed E-state index contributed by atoms with van der Waals surface area (Å²) >= 11 is 0. The molecular formula is C22H24N4O3. The molecule has 0 unspecified atom stereocenters. The summed E-state index contributed by atoms with van der Waals surface area (Å²) in [5.41, 5.74) is 2.92. The molecule has 0 saturated heterocycles. The van der Waals surface area contributed by atoms with Crippen molar-refractivity contribution in [1.82, 2.24) is 19.9 Å². The molecule has 3 aromatic rings. The van der Waals surface area contributed by atoms with E-state index in [-0.39, 0.29) is 18.1 Å². The van der Waals surface area contributed by atoms with Gasteiger partial charge in [-0.1, -0.05) is 25.3 Å². The van der Waals surface area contributed by atoms with Gasteiger partial charge in [0.2, 0.25) is 6.79 Å². The highest BCUT2D eigenvalue weighted by Crippen LogP contribution is 2.43. The third-order valence-corrected chi connectivity index (χ3v) is 6.18. The Morgan fingerprint density at radius 2 is 2.03 bits per heavy atom. The molecule has 1 aliphatic carbocycles. The second kappa shape index (κ2) is 7.06. The molecule has 2 aliphatic rings. The van der Waals surface area contributed by atoms with Crippen LogP contribution in [0.2, 0.25) is 0 Å². The molecule has 1 amide bonds. The topological polar surface area (TPSA) is 77.8 Å². The number of aryl methyl sites for hydroxylation is 1. The molecule has 7 nitrogen and oxygen atoms in total. The molecule has 0 radical (unpaired) electrons. The summed E-state index contributed by atoms with van der Waals surface area (Å²) < 4.78 is 12.7. The lowest BCUT2D eigenvalue weighted by Gasteiger charge is -2.38. The number of carbonyl (C=O) groups is 1. The lowest BCUT2D eigenvalue weighted by atomic mass is 9.69. The van der Waals surface area contributed by atoms with Crippen molar-refractivity contribution < 1.29 is 14.3 Å². The zero-order chi connectivity index (χ0) is 19.8. The van der Waals surface area contributed by atoms with Crippen LogP contribution in [0.3, 0.4) is 0 Å². The fourth-order valence-corrected chi connectivity index (χ4v) is 4.62. The van der Waals surface area contributed by atoms with E-state index in [4.69, 9.17) is 9.47 Å². The van der Waals surface area contributed by atoms with Gasteiger partial charge in [-0.15, -0.1) is 0 Å². The zero-order valence-corrected chi connectivity index (χ0v) is 16.5. The fourth-order valence-electron chi connectivity index (χ4n) is 4.62. The van der Waals surface area contributed by atoms with Crippen molar-refractivity contribution in [3.63, 3.8) is 0 Å². The van der Waals surface area contributed by atoms with Gasteiger partial charge in [0.15, 0.2) is 17.1 Å². The Kier molecular flexibility index (Phi) is 4.38. The van der Waals surface area contributed by atoms with Crippen LogP contribution in [0, 0.1) is 6.92 Å². The summed E-state index contributed by atoms with van der Waals surface area (Å²) in [6.07, 6.45) is 9.11. The number of carbonyl (C=O) groups excluding carboxylic acids is 1. The SMILES string of the molecule is Cc1nn2cccnc2c1C(=O)NCC1(c2ccc3c(c2)OCO3)CCCCC1. The number of fused-ring (bicyclic) bond motifs is 2. The Balaban J connectivity index is 1.43. The first-order valence-electron chi connectivity index (χ1n) is 10.1. The van der Waals surface area contributed by atoms with Crippen LogP contribution in [0.4, 0.5) is 0 Å². The molecule has 2 aromatic heterocycles. The molecular weight excluding hydrogens is 368 g/mol. The van der Waals surface area contributed by atoms with Crippen molar-refractivity contribution in [3.8, 4) is 11.5 Å². The lowest BCUT2D eigenvalue weighted by molar-refractivity contribution is 0.0937. The van der Waals surface area contributed by atoms with Gasteiger partial charge in [-0.2, -0.15) is 5.10 Å². The predicted molar refractivity (Wildman–Crippen MR) is 107 cm³/mol. The van der Waals surface area contributed by atoms with E-state index in [0.29, 0.717) is 23.4 Å². The molecule has 1 aliphatic heterocycles. The average Bonchev–Trinajstić information content (AvgIpc) is 3.35. The number of hydrogen-bond donors (Lipinski definition) is 1. The van der Waals surface area contributed by atoms with Crippen molar-refractivity contribution in [1.29, 1.82) is 0 Å². The molecule has 29 heavy (non-hydrogen) atoms. The minimum absolute atomic E-state index is 0.0980. The number of amides is 1. The van der Waals surface area contributed by atoms with E-state index in [1.54, 1.807) is 23.0 Å². The summed E-state index contributed by atoms with van der Waals surface area (Å²) in [4.78, 5) is 17.4. The maximum atomic E-state index is 13.1. The Morgan fingerprint density at radius 3 is 2.90 bits per heavy atom. The third-order valence-electron chi connectivity index (χ3n) is 6.18. The van der Waals surface area contributed by atoms with Crippen LogP contribution < -0.4 is 14.8 Å². The Morgan fingerprint density at radius 1 is 1.21 bits per heavy atom. The Bertz CT molecular complexity index is 1070. The first-order valence-corrected chi connectivity index (χ1v) is 10.1. The highest BCUT2D eigenvalue weighted by molar-refractivity contribution is 6.01. The smallest absolute Gasteiger partial charge is 0.257 e. The summed E-state index contributed by atoms with van der Waals surface area (Å²) in [7, 11) is 0. The Hall–Kier alpha value is -3.09. The normalized spacial score (nSPS) is 17.4. The largest absolute Gasteiger partial charge is 0.454 e. The molecule has 0 spiro atoms. The van der Waals surface area contributed by atoms with Crippen molar-refractivity contribution in [2.75, 3.05) is 13.3 Å². The number of benzene rings is 1. The summed E-state index contributed by atoms with van der Waals surface area (Å²) in [6.45, 7) is 2.69. The lowest BCUT2D eigenvalue weighted by Crippen LogP contribution is -2.42. The van der Waals surface area contributed by atoms with Gasteiger partial charge < -0.3 is 14.8 Å². The second-order valence-electron chi connectivity index (χ2n) is 7.94. The first-order chi connectivity index (χ1) is 14.2. The zero-order valence-electron chi connectivity index (χ0n) is 16.5. The van der Waals surface area contributed by atoms with Crippen molar-refractivity contribution in [3.05, 3.63) is 53.5 Å². The van der Waals surface area contributed by atoms with Gasteiger partial charge in [0.05, 0.1) is 5.69 Å². The number of hydrogen-bond acceptors (Lipinski definition) is 5. The van der Waals surface area contributed by atoms with Gasteiger partial charge in [0, 0.05) is 24.4 Å². The maximum Gasteiger partial charge on any atom is 0.257 e. The molecule has 5 rings (SSSR count). The number of aromatic nitrogens is 3. The van der Waals surface area contributed by atoms with E-state index in [2.05, 4.69) is 27.5 Å². The highest BCUT2D eigenvalue weighted by atomic mass is 16.7. The quantitative estimate of drug-likeness (QED) is 0.736. The third kappa shape index (κ3) is 3.10. The molecule has 0 atom stereocenters. The van der Waals surface area contributed by atoms with Crippen LogP contribution in [0.5, 0.6) is 11.5 Å². The average molecular weight is 392 g/mol. The van der Waals surface area contributed by atoms with Crippen LogP contribution in [-0.2, 0) is 5.41 Å². The molecule has 0 bridgehead atoms. The summed E-state index contributed by atoms with van der Waals surface area (Å²) in [5, 5.41) is 7.60. The van der Waals surface area contributed by atoms with Crippen LogP contribution >= 0.6 is 0 Å². The van der Waals surface area contributed by atoms with Gasteiger partial charge in [0.25, 0.3) is 5.91 Å². The van der Waals surface area contributed by atoms with Gasteiger partial charge in [-0.3, -0.25) is 4.79 Å². The van der Waals surface area contributed by atoms with Gasteiger partial charge in [-0.05, 0) is 43.5 Å². The van der Waals surface area contributed by atoms with Gasteiger partial charge in [-0.25, -0.2) is 9.50 Å². The molecule has 1 aromatic carbocycles. The Labute approximate surface area is 169 Å². The van der Waals surface area contributed by atoms with Crippen LogP contribution in [0.25, 0.3) is 5.65 Å². The van der Waals surface area contributed by atoms with Crippen molar-refractivity contribution >= 4 is 11.6 Å². The molecule has 7 heteroatoms. The second-order valence-corrected chi connectivity index (χ2v) is 7.94. The van der Waals surface area contributed by atoms with E-state index in [9.17, 15) is 4.79 Å². The van der Waals surface area contributed by atoms with E-state index >= 15 is 0 Å². The van der Waals surface area contributed by atoms with Crippen LogP contribution in [-0.4, -0.2) is 33.8 Å². The fraction of sp³-hybridized carbons (Fsp3) is 0.409. The monoisotopic (exact) mass is 392 g/mol. The summed E-state index contributed by atoms with van der Waals surface area (Å²) in [5.74, 6) is 1.46.